The number of benzene rings is 1. The molecule has 3 heteroatoms. The van der Waals surface area contributed by atoms with Crippen molar-refractivity contribution >= 4 is 11.6 Å². The molecule has 1 aromatic rings. The molecule has 0 fully saturated rings. The molecule has 15 heavy (non-hydrogen) atoms. The van der Waals surface area contributed by atoms with Crippen molar-refractivity contribution in [3.8, 4) is 6.07 Å². The summed E-state index contributed by atoms with van der Waals surface area (Å²) in [4.78, 5) is 11.0. The fourth-order valence-corrected chi connectivity index (χ4v) is 1.31. The lowest BCUT2D eigenvalue weighted by molar-refractivity contribution is -0.117. The number of nitrogens with zero attached hydrogens (tertiary/aromatic N) is 1. The standard InChI is InChI=1S/C12H12N2O/c1-9-5-3-4-6-11(9)12(7-8-13)14-10(2)15/h3-7H,1-2H3,(H,14,15)/b12-7+. The number of hydrogen-bond acceptors (Lipinski definition) is 2. The van der Waals surface area contributed by atoms with Gasteiger partial charge in [-0.3, -0.25) is 4.79 Å². The molecular formula is C12H12N2O. The van der Waals surface area contributed by atoms with Crippen LogP contribution in [-0.2, 0) is 4.79 Å². The van der Waals surface area contributed by atoms with Gasteiger partial charge in [0.05, 0.1) is 11.8 Å². The summed E-state index contributed by atoms with van der Waals surface area (Å²) in [5.74, 6) is -0.181. The Morgan fingerprint density at radius 2 is 2.13 bits per heavy atom. The number of aryl methyl sites for hydroxylation is 1. The zero-order valence-electron chi connectivity index (χ0n) is 8.74. The first-order valence-electron chi connectivity index (χ1n) is 4.58. The molecule has 76 valence electrons. The fourth-order valence-electron chi connectivity index (χ4n) is 1.31. The van der Waals surface area contributed by atoms with Crippen molar-refractivity contribution in [2.45, 2.75) is 13.8 Å². The highest BCUT2D eigenvalue weighted by Gasteiger charge is 2.05. The monoisotopic (exact) mass is 200 g/mol. The second kappa shape index (κ2) is 4.97. The smallest absolute Gasteiger partial charge is 0.221 e. The third-order valence-electron chi connectivity index (χ3n) is 1.95. The molecule has 0 aromatic heterocycles. The van der Waals surface area contributed by atoms with Crippen molar-refractivity contribution in [1.29, 1.82) is 5.26 Å². The summed E-state index contributed by atoms with van der Waals surface area (Å²) in [6, 6.07) is 9.51. The molecule has 0 saturated heterocycles. The van der Waals surface area contributed by atoms with Crippen LogP contribution in [0.5, 0.6) is 0 Å². The first-order chi connectivity index (χ1) is 7.15. The number of hydrogen-bond donors (Lipinski definition) is 1. The topological polar surface area (TPSA) is 52.9 Å². The third kappa shape index (κ3) is 2.96. The molecule has 1 aromatic carbocycles. The Morgan fingerprint density at radius 1 is 1.47 bits per heavy atom. The summed E-state index contributed by atoms with van der Waals surface area (Å²) in [5.41, 5.74) is 2.44. The van der Waals surface area contributed by atoms with Gasteiger partial charge in [-0.1, -0.05) is 24.3 Å². The molecule has 1 rings (SSSR count). The maximum absolute atomic E-state index is 11.0. The Kier molecular flexibility index (Phi) is 3.64. The molecular weight excluding hydrogens is 188 g/mol. The van der Waals surface area contributed by atoms with Gasteiger partial charge in [-0.25, -0.2) is 0 Å². The molecule has 1 amide bonds. The van der Waals surface area contributed by atoms with Crippen LogP contribution in [0.15, 0.2) is 30.3 Å². The molecule has 0 unspecified atom stereocenters. The Labute approximate surface area is 89.0 Å². The van der Waals surface area contributed by atoms with Crippen LogP contribution < -0.4 is 5.32 Å². The lowest BCUT2D eigenvalue weighted by atomic mass is 10.1. The second-order valence-electron chi connectivity index (χ2n) is 3.18. The molecule has 0 aliphatic carbocycles. The minimum absolute atomic E-state index is 0.181. The number of nitrogens with one attached hydrogen (secondary N) is 1. The Morgan fingerprint density at radius 3 is 2.67 bits per heavy atom. The first-order valence-corrected chi connectivity index (χ1v) is 4.58. The van der Waals surface area contributed by atoms with E-state index >= 15 is 0 Å². The average Bonchev–Trinajstić information content (AvgIpc) is 2.17. The van der Waals surface area contributed by atoms with Crippen LogP contribution in [0.1, 0.15) is 18.1 Å². The van der Waals surface area contributed by atoms with E-state index in [1.54, 1.807) is 0 Å². The molecule has 0 heterocycles. The number of nitriles is 1. The number of carbonyl (C=O) groups is 1. The molecule has 0 aliphatic heterocycles. The van der Waals surface area contributed by atoms with Gasteiger partial charge in [0.1, 0.15) is 0 Å². The average molecular weight is 200 g/mol. The molecule has 0 radical (unpaired) electrons. The van der Waals surface area contributed by atoms with Crippen molar-refractivity contribution in [2.24, 2.45) is 0 Å². The first kappa shape index (κ1) is 11.0. The lowest BCUT2D eigenvalue weighted by Gasteiger charge is -2.09. The van der Waals surface area contributed by atoms with E-state index in [2.05, 4.69) is 5.32 Å². The normalized spacial score (nSPS) is 10.6. The minimum atomic E-state index is -0.181. The zero-order valence-corrected chi connectivity index (χ0v) is 8.74. The molecule has 0 aliphatic rings. The summed E-state index contributed by atoms with van der Waals surface area (Å²) < 4.78 is 0. The van der Waals surface area contributed by atoms with Gasteiger partial charge in [0.25, 0.3) is 0 Å². The van der Waals surface area contributed by atoms with Crippen LogP contribution in [0.3, 0.4) is 0 Å². The van der Waals surface area contributed by atoms with E-state index in [4.69, 9.17) is 5.26 Å². The summed E-state index contributed by atoms with van der Waals surface area (Å²) in [5, 5.41) is 11.3. The molecule has 0 saturated carbocycles. The van der Waals surface area contributed by atoms with Gasteiger partial charge < -0.3 is 5.32 Å². The molecule has 0 atom stereocenters. The minimum Gasteiger partial charge on any atom is -0.325 e. The number of rotatable bonds is 2. The Hall–Kier alpha value is -2.08. The highest BCUT2D eigenvalue weighted by atomic mass is 16.1. The van der Waals surface area contributed by atoms with E-state index in [0.717, 1.165) is 11.1 Å². The lowest BCUT2D eigenvalue weighted by Crippen LogP contribution is -2.18. The van der Waals surface area contributed by atoms with Crippen molar-refractivity contribution in [2.75, 3.05) is 0 Å². The highest BCUT2D eigenvalue weighted by Crippen LogP contribution is 2.15. The zero-order chi connectivity index (χ0) is 11.3. The fraction of sp³-hybridized carbons (Fsp3) is 0.167. The maximum Gasteiger partial charge on any atom is 0.221 e. The Bertz CT molecular complexity index is 441. The van der Waals surface area contributed by atoms with Gasteiger partial charge in [0, 0.05) is 18.6 Å². The summed E-state index contributed by atoms with van der Waals surface area (Å²) >= 11 is 0. The van der Waals surface area contributed by atoms with Crippen molar-refractivity contribution in [3.63, 3.8) is 0 Å². The summed E-state index contributed by atoms with van der Waals surface area (Å²) in [7, 11) is 0. The predicted octanol–water partition coefficient (Wildman–Crippen LogP) is 2.00. The van der Waals surface area contributed by atoms with Crippen LogP contribution >= 0.6 is 0 Å². The second-order valence-corrected chi connectivity index (χ2v) is 3.18. The van der Waals surface area contributed by atoms with Gasteiger partial charge in [-0.05, 0) is 12.5 Å². The van der Waals surface area contributed by atoms with E-state index < -0.39 is 0 Å². The van der Waals surface area contributed by atoms with E-state index in [0.29, 0.717) is 5.70 Å². The quantitative estimate of drug-likeness (QED) is 0.742. The Balaban J connectivity index is 3.12. The van der Waals surface area contributed by atoms with Crippen LogP contribution in [-0.4, -0.2) is 5.91 Å². The third-order valence-corrected chi connectivity index (χ3v) is 1.95. The van der Waals surface area contributed by atoms with Crippen LogP contribution in [0.4, 0.5) is 0 Å². The number of amides is 1. The van der Waals surface area contributed by atoms with Gasteiger partial charge in [-0.15, -0.1) is 0 Å². The molecule has 3 nitrogen and oxygen atoms in total. The maximum atomic E-state index is 11.0. The van der Waals surface area contributed by atoms with Crippen molar-refractivity contribution in [3.05, 3.63) is 41.5 Å². The summed E-state index contributed by atoms with van der Waals surface area (Å²) in [6.07, 6.45) is 1.34. The molecule has 1 N–H and O–H groups in total. The molecule has 0 spiro atoms. The van der Waals surface area contributed by atoms with E-state index in [1.807, 2.05) is 37.3 Å². The number of allylic oxidation sites excluding steroid dienone is 1. The predicted molar refractivity (Wildman–Crippen MR) is 58.6 cm³/mol. The SMILES string of the molecule is CC(=O)N/C(=C/C#N)c1ccccc1C. The van der Waals surface area contributed by atoms with Gasteiger partial charge in [-0.2, -0.15) is 5.26 Å². The van der Waals surface area contributed by atoms with E-state index in [9.17, 15) is 4.79 Å². The van der Waals surface area contributed by atoms with Gasteiger partial charge >= 0.3 is 0 Å². The summed E-state index contributed by atoms with van der Waals surface area (Å²) in [6.45, 7) is 3.35. The van der Waals surface area contributed by atoms with Crippen LogP contribution in [0.2, 0.25) is 0 Å². The van der Waals surface area contributed by atoms with Crippen molar-refractivity contribution < 1.29 is 4.79 Å². The molecule has 0 bridgehead atoms. The van der Waals surface area contributed by atoms with Crippen LogP contribution in [0, 0.1) is 18.3 Å². The highest BCUT2D eigenvalue weighted by molar-refractivity contribution is 5.86. The van der Waals surface area contributed by atoms with Gasteiger partial charge in [0.15, 0.2) is 0 Å². The van der Waals surface area contributed by atoms with Gasteiger partial charge in [0.2, 0.25) is 5.91 Å². The number of carbonyl (C=O) groups excluding carboxylic acids is 1. The van der Waals surface area contributed by atoms with Crippen LogP contribution in [0.25, 0.3) is 5.70 Å². The largest absolute Gasteiger partial charge is 0.325 e. The van der Waals surface area contributed by atoms with Crippen molar-refractivity contribution in [1.82, 2.24) is 5.32 Å². The van der Waals surface area contributed by atoms with E-state index in [-0.39, 0.29) is 5.91 Å². The van der Waals surface area contributed by atoms with E-state index in [1.165, 1.54) is 13.0 Å².